The first-order chi connectivity index (χ1) is 19.9. The highest BCUT2D eigenvalue weighted by Gasteiger charge is 2.74. The van der Waals surface area contributed by atoms with E-state index in [1.54, 1.807) is 22.8 Å². The third kappa shape index (κ3) is 2.76. The van der Waals surface area contributed by atoms with Crippen LogP contribution >= 0.6 is 0 Å². The zero-order valence-corrected chi connectivity index (χ0v) is 21.9. The highest BCUT2D eigenvalue weighted by Crippen LogP contribution is 2.62. The van der Waals surface area contributed by atoms with Gasteiger partial charge in [-0.25, -0.2) is 9.88 Å². The van der Waals surface area contributed by atoms with Gasteiger partial charge in [0.25, 0.3) is 11.2 Å². The number of anilines is 1. The van der Waals surface area contributed by atoms with E-state index < -0.39 is 34.1 Å². The molecular formula is C30H23N5O6. The highest BCUT2D eigenvalue weighted by atomic mass is 16.6. The molecule has 8 rings (SSSR count). The smallest absolute Gasteiger partial charge is 0.271 e. The van der Waals surface area contributed by atoms with Crippen LogP contribution < -0.4 is 15.2 Å². The molecule has 4 atom stereocenters. The van der Waals surface area contributed by atoms with Gasteiger partial charge < -0.3 is 4.74 Å². The molecule has 0 saturated carbocycles. The average molecular weight is 550 g/mol. The van der Waals surface area contributed by atoms with Crippen molar-refractivity contribution in [3.05, 3.63) is 98.6 Å². The van der Waals surface area contributed by atoms with Gasteiger partial charge in [0.2, 0.25) is 11.8 Å². The Labute approximate surface area is 232 Å². The Morgan fingerprint density at radius 3 is 2.59 bits per heavy atom. The Morgan fingerprint density at radius 2 is 1.78 bits per heavy atom. The van der Waals surface area contributed by atoms with Crippen molar-refractivity contribution in [1.29, 1.82) is 0 Å². The standard InChI is InChI=1S/C30H23N5O6/c1-41-23-13-12-16(35(39)40)15-22(23)33-27(37)24-21-11-6-14-32(21)30(25(24)28(33)38)18-8-3-5-10-20(18)34-26(36)17-7-2-4-9-19(17)31-29(30)34/h2-5,7-10,12-13,15,21,24-25H,6,11,14H2,1H3/t21-,24+,25+,30+/m0/s1. The lowest BCUT2D eigenvalue weighted by molar-refractivity contribution is -0.384. The SMILES string of the molecule is COc1ccc([N+](=O)[O-])cc1N1C(=O)[C@@H]2[C@@H]3CCCN3[C@]3(c4ccccc4-n4c3nc3ccccc3c4=O)[C@H]2C1=O. The molecule has 5 heterocycles. The molecule has 11 heteroatoms. The van der Waals surface area contributed by atoms with Crippen LogP contribution in [0.25, 0.3) is 16.6 Å². The Bertz CT molecular complexity index is 1920. The number of aromatic nitrogens is 2. The van der Waals surface area contributed by atoms with Gasteiger partial charge in [0.1, 0.15) is 22.8 Å². The fraction of sp³-hybridized carbons (Fsp3) is 0.267. The summed E-state index contributed by atoms with van der Waals surface area (Å²) < 4.78 is 7.06. The summed E-state index contributed by atoms with van der Waals surface area (Å²) in [4.78, 5) is 62.3. The Hall–Kier alpha value is -4.90. The number of nitro groups is 1. The van der Waals surface area contributed by atoms with E-state index in [1.165, 1.54) is 25.3 Å². The summed E-state index contributed by atoms with van der Waals surface area (Å²) in [7, 11) is 1.39. The summed E-state index contributed by atoms with van der Waals surface area (Å²) in [5, 5.41) is 12.1. The number of benzene rings is 3. The number of amides is 2. The second-order valence-electron chi connectivity index (χ2n) is 10.9. The lowest BCUT2D eigenvalue weighted by Crippen LogP contribution is -2.51. The quantitative estimate of drug-likeness (QED) is 0.217. The van der Waals surface area contributed by atoms with Crippen molar-refractivity contribution < 1.29 is 19.2 Å². The van der Waals surface area contributed by atoms with Gasteiger partial charge in [0, 0.05) is 23.7 Å². The fourth-order valence-electron chi connectivity index (χ4n) is 7.82. The van der Waals surface area contributed by atoms with E-state index in [-0.39, 0.29) is 28.7 Å². The van der Waals surface area contributed by atoms with E-state index in [4.69, 9.17) is 9.72 Å². The van der Waals surface area contributed by atoms with Gasteiger partial charge >= 0.3 is 0 Å². The second kappa shape index (κ2) is 8.07. The molecule has 0 bridgehead atoms. The van der Waals surface area contributed by atoms with Crippen LogP contribution in [0.15, 0.2) is 71.5 Å². The fourth-order valence-corrected chi connectivity index (χ4v) is 7.82. The van der Waals surface area contributed by atoms with Crippen molar-refractivity contribution in [2.45, 2.75) is 24.4 Å². The second-order valence-corrected chi connectivity index (χ2v) is 10.9. The number of nitro benzene ring substituents is 1. The number of carbonyl (C=O) groups is 2. The lowest BCUT2D eigenvalue weighted by Gasteiger charge is -2.38. The van der Waals surface area contributed by atoms with E-state index in [1.807, 2.05) is 30.3 Å². The van der Waals surface area contributed by atoms with Gasteiger partial charge in [-0.3, -0.25) is 34.0 Å². The third-order valence-electron chi connectivity index (χ3n) is 9.25. The van der Waals surface area contributed by atoms with Crippen LogP contribution in [-0.4, -0.2) is 50.9 Å². The molecule has 3 aromatic carbocycles. The van der Waals surface area contributed by atoms with E-state index >= 15 is 0 Å². The van der Waals surface area contributed by atoms with Crippen LogP contribution in [0.3, 0.4) is 0 Å². The molecule has 0 N–H and O–H groups in total. The van der Waals surface area contributed by atoms with Crippen molar-refractivity contribution in [3.63, 3.8) is 0 Å². The molecule has 0 aliphatic carbocycles. The zero-order valence-electron chi connectivity index (χ0n) is 21.9. The summed E-state index contributed by atoms with van der Waals surface area (Å²) in [5.41, 5.74) is 0.304. The molecule has 204 valence electrons. The molecular weight excluding hydrogens is 526 g/mol. The number of nitrogens with zero attached hydrogens (tertiary/aromatic N) is 5. The predicted molar refractivity (Wildman–Crippen MR) is 147 cm³/mol. The maximum Gasteiger partial charge on any atom is 0.271 e. The first-order valence-corrected chi connectivity index (χ1v) is 13.5. The van der Waals surface area contributed by atoms with Gasteiger partial charge in [-0.2, -0.15) is 0 Å². The maximum atomic E-state index is 14.6. The Kier molecular flexibility index (Phi) is 4.71. The van der Waals surface area contributed by atoms with Crippen molar-refractivity contribution in [2.75, 3.05) is 18.6 Å². The number of para-hydroxylation sites is 2. The summed E-state index contributed by atoms with van der Waals surface area (Å²) in [6, 6.07) is 18.2. The molecule has 1 spiro atoms. The molecule has 3 fully saturated rings. The van der Waals surface area contributed by atoms with E-state index in [0.717, 1.165) is 16.9 Å². The largest absolute Gasteiger partial charge is 0.495 e. The molecule has 11 nitrogen and oxygen atoms in total. The molecule has 1 aromatic heterocycles. The normalized spacial score (nSPS) is 26.0. The highest BCUT2D eigenvalue weighted by molar-refractivity contribution is 6.24. The van der Waals surface area contributed by atoms with Gasteiger partial charge in [-0.05, 0) is 43.7 Å². The third-order valence-corrected chi connectivity index (χ3v) is 9.25. The Morgan fingerprint density at radius 1 is 1.00 bits per heavy atom. The van der Waals surface area contributed by atoms with Crippen molar-refractivity contribution >= 4 is 34.1 Å². The molecule has 3 saturated heterocycles. The molecule has 0 unspecified atom stereocenters. The average Bonchev–Trinajstić information content (AvgIpc) is 3.70. The van der Waals surface area contributed by atoms with Crippen molar-refractivity contribution in [3.8, 4) is 11.4 Å². The minimum Gasteiger partial charge on any atom is -0.495 e. The first kappa shape index (κ1) is 23.9. The minimum absolute atomic E-state index is 0.0425. The number of fused-ring (bicyclic) bond motifs is 11. The number of hydrogen-bond donors (Lipinski definition) is 0. The molecule has 41 heavy (non-hydrogen) atoms. The molecule has 4 aliphatic rings. The summed E-state index contributed by atoms with van der Waals surface area (Å²) in [6.07, 6.45) is 1.51. The molecule has 4 aliphatic heterocycles. The van der Waals surface area contributed by atoms with E-state index in [2.05, 4.69) is 4.90 Å². The minimum atomic E-state index is -1.17. The van der Waals surface area contributed by atoms with Crippen LogP contribution in [0.4, 0.5) is 11.4 Å². The van der Waals surface area contributed by atoms with Gasteiger partial charge in [0.15, 0.2) is 0 Å². The number of hydrogen-bond acceptors (Lipinski definition) is 8. The number of ether oxygens (including phenoxy) is 1. The van der Waals surface area contributed by atoms with Gasteiger partial charge in [0.05, 0.1) is 40.5 Å². The summed E-state index contributed by atoms with van der Waals surface area (Å²) in [5.74, 6) is -1.92. The summed E-state index contributed by atoms with van der Waals surface area (Å²) >= 11 is 0. The first-order valence-electron chi connectivity index (χ1n) is 13.5. The van der Waals surface area contributed by atoms with Crippen LogP contribution in [0.2, 0.25) is 0 Å². The number of methoxy groups -OCH3 is 1. The van der Waals surface area contributed by atoms with E-state index in [9.17, 15) is 24.5 Å². The maximum absolute atomic E-state index is 14.6. The van der Waals surface area contributed by atoms with Crippen molar-refractivity contribution in [1.82, 2.24) is 14.5 Å². The van der Waals surface area contributed by atoms with E-state index in [0.29, 0.717) is 35.4 Å². The zero-order chi connectivity index (χ0) is 28.2. The van der Waals surface area contributed by atoms with Crippen molar-refractivity contribution in [2.24, 2.45) is 11.8 Å². The number of non-ortho nitro benzene ring substituents is 1. The number of carbonyl (C=O) groups excluding carboxylic acids is 2. The van der Waals surface area contributed by atoms with Crippen LogP contribution in [0.5, 0.6) is 5.75 Å². The molecule has 0 radical (unpaired) electrons. The lowest BCUT2D eigenvalue weighted by atomic mass is 9.75. The summed E-state index contributed by atoms with van der Waals surface area (Å²) in [6.45, 7) is 0.634. The topological polar surface area (TPSA) is 128 Å². The Balaban J connectivity index is 1.42. The van der Waals surface area contributed by atoms with Crippen LogP contribution in [-0.2, 0) is 15.1 Å². The van der Waals surface area contributed by atoms with Crippen LogP contribution in [0, 0.1) is 22.0 Å². The molecule has 4 aromatic rings. The predicted octanol–water partition coefficient (Wildman–Crippen LogP) is 3.14. The number of rotatable bonds is 3. The van der Waals surface area contributed by atoms with Gasteiger partial charge in [-0.1, -0.05) is 30.3 Å². The van der Waals surface area contributed by atoms with Crippen LogP contribution in [0.1, 0.15) is 24.2 Å². The monoisotopic (exact) mass is 549 g/mol. The molecule has 2 amide bonds. The number of imide groups is 1. The van der Waals surface area contributed by atoms with Gasteiger partial charge in [-0.15, -0.1) is 0 Å².